The van der Waals surface area contributed by atoms with Gasteiger partial charge in [-0.05, 0) is 24.1 Å². The van der Waals surface area contributed by atoms with E-state index in [0.717, 1.165) is 0 Å². The van der Waals surface area contributed by atoms with Crippen molar-refractivity contribution in [1.82, 2.24) is 14.5 Å². The van der Waals surface area contributed by atoms with Gasteiger partial charge in [0, 0.05) is 7.05 Å². The van der Waals surface area contributed by atoms with Crippen LogP contribution in [0.4, 0.5) is 0 Å². The van der Waals surface area contributed by atoms with E-state index < -0.39 is 5.97 Å². The summed E-state index contributed by atoms with van der Waals surface area (Å²) in [6.45, 7) is 4.44. The monoisotopic (exact) mass is 329 g/mol. The third-order valence-electron chi connectivity index (χ3n) is 3.81. The molecule has 0 saturated carbocycles. The zero-order valence-corrected chi connectivity index (χ0v) is 13.8. The summed E-state index contributed by atoms with van der Waals surface area (Å²) in [6, 6.07) is 4.55. The van der Waals surface area contributed by atoms with E-state index in [4.69, 9.17) is 4.74 Å². The fourth-order valence-electron chi connectivity index (χ4n) is 2.62. The van der Waals surface area contributed by atoms with Crippen molar-refractivity contribution in [3.05, 3.63) is 41.5 Å². The third kappa shape index (κ3) is 2.73. The first-order valence-corrected chi connectivity index (χ1v) is 7.70. The molecule has 1 aliphatic rings. The van der Waals surface area contributed by atoms with Crippen molar-refractivity contribution in [1.29, 1.82) is 0 Å². The predicted molar refractivity (Wildman–Crippen MR) is 86.1 cm³/mol. The number of aromatic hydroxyl groups is 1. The maximum absolute atomic E-state index is 12.5. The summed E-state index contributed by atoms with van der Waals surface area (Å²) in [5, 5.41) is 9.68. The van der Waals surface area contributed by atoms with Gasteiger partial charge in [-0.25, -0.2) is 9.78 Å². The molecule has 7 heteroatoms. The standard InChI is InChI=1S/C17H19N3O4/c1-10(2)8-24-17(23)15-14-7-19(3)16(22)12-6-11(21)4-5-13(12)20(14)9-18-15/h4-6,9-10,21H,7-8H2,1-3H3. The molecule has 0 atom stereocenters. The quantitative estimate of drug-likeness (QED) is 0.870. The highest BCUT2D eigenvalue weighted by atomic mass is 16.5. The summed E-state index contributed by atoms with van der Waals surface area (Å²) in [4.78, 5) is 30.5. The zero-order chi connectivity index (χ0) is 17.4. The van der Waals surface area contributed by atoms with Crippen molar-refractivity contribution in [3.63, 3.8) is 0 Å². The van der Waals surface area contributed by atoms with Gasteiger partial charge < -0.3 is 14.7 Å². The largest absolute Gasteiger partial charge is 0.508 e. The lowest BCUT2D eigenvalue weighted by atomic mass is 10.1. The number of aromatic nitrogens is 2. The van der Waals surface area contributed by atoms with Crippen molar-refractivity contribution < 1.29 is 19.4 Å². The lowest BCUT2D eigenvalue weighted by Gasteiger charge is -2.14. The summed E-state index contributed by atoms with van der Waals surface area (Å²) >= 11 is 0. The number of rotatable bonds is 3. The predicted octanol–water partition coefficient (Wildman–Crippen LogP) is 1.98. The molecule has 126 valence electrons. The van der Waals surface area contributed by atoms with Crippen molar-refractivity contribution in [2.24, 2.45) is 5.92 Å². The second-order valence-corrected chi connectivity index (χ2v) is 6.26. The summed E-state index contributed by atoms with van der Waals surface area (Å²) in [7, 11) is 1.64. The molecule has 7 nitrogen and oxygen atoms in total. The number of hydrogen-bond acceptors (Lipinski definition) is 5. The van der Waals surface area contributed by atoms with Crippen molar-refractivity contribution in [3.8, 4) is 11.4 Å². The Morgan fingerprint density at radius 3 is 2.88 bits per heavy atom. The van der Waals surface area contributed by atoms with E-state index in [9.17, 15) is 14.7 Å². The molecule has 1 amide bonds. The second-order valence-electron chi connectivity index (χ2n) is 6.26. The molecule has 1 aromatic carbocycles. The van der Waals surface area contributed by atoms with Crippen LogP contribution in [-0.4, -0.2) is 45.1 Å². The molecule has 0 saturated heterocycles. The Bertz CT molecular complexity index is 810. The maximum Gasteiger partial charge on any atom is 0.358 e. The van der Waals surface area contributed by atoms with E-state index in [1.807, 2.05) is 13.8 Å². The Kier molecular flexibility index (Phi) is 4.01. The molecule has 0 aliphatic carbocycles. The van der Waals surface area contributed by atoms with Gasteiger partial charge >= 0.3 is 5.97 Å². The fraction of sp³-hybridized carbons (Fsp3) is 0.353. The van der Waals surface area contributed by atoms with Crippen molar-refractivity contribution in [2.75, 3.05) is 13.7 Å². The number of phenols is 1. The number of hydrogen-bond donors (Lipinski definition) is 1. The van der Waals surface area contributed by atoms with Gasteiger partial charge in [-0.2, -0.15) is 0 Å². The number of fused-ring (bicyclic) bond motifs is 3. The van der Waals surface area contributed by atoms with Crippen LogP contribution in [-0.2, 0) is 11.3 Å². The number of imidazole rings is 1. The topological polar surface area (TPSA) is 84.7 Å². The Labute approximate surface area is 139 Å². The summed E-state index contributed by atoms with van der Waals surface area (Å²) in [5.41, 5.74) is 1.73. The van der Waals surface area contributed by atoms with E-state index in [0.29, 0.717) is 23.6 Å². The zero-order valence-electron chi connectivity index (χ0n) is 13.8. The second kappa shape index (κ2) is 5.99. The molecular formula is C17H19N3O4. The molecule has 24 heavy (non-hydrogen) atoms. The van der Waals surface area contributed by atoms with Crippen molar-refractivity contribution >= 4 is 11.9 Å². The molecule has 1 N–H and O–H groups in total. The minimum absolute atomic E-state index is 0.00984. The number of nitrogens with zero attached hydrogens (tertiary/aromatic N) is 3. The molecule has 0 unspecified atom stereocenters. The van der Waals surface area contributed by atoms with E-state index >= 15 is 0 Å². The molecular weight excluding hydrogens is 310 g/mol. The molecule has 2 heterocycles. The summed E-state index contributed by atoms with van der Waals surface area (Å²) in [5.74, 6) is -0.495. The van der Waals surface area contributed by atoms with Gasteiger partial charge in [-0.1, -0.05) is 13.8 Å². The summed E-state index contributed by atoms with van der Waals surface area (Å²) in [6.07, 6.45) is 1.50. The van der Waals surface area contributed by atoms with Gasteiger partial charge in [0.1, 0.15) is 12.1 Å². The average Bonchev–Trinajstić information content (AvgIpc) is 2.91. The highest BCUT2D eigenvalue weighted by Crippen LogP contribution is 2.28. The number of esters is 1. The molecule has 0 spiro atoms. The van der Waals surface area contributed by atoms with Gasteiger partial charge in [0.05, 0.1) is 30.1 Å². The van der Waals surface area contributed by atoms with Crippen LogP contribution >= 0.6 is 0 Å². The van der Waals surface area contributed by atoms with Crippen LogP contribution in [0.25, 0.3) is 5.69 Å². The van der Waals surface area contributed by atoms with Crippen LogP contribution in [0.15, 0.2) is 24.5 Å². The normalized spacial score (nSPS) is 13.5. The SMILES string of the molecule is CC(C)COC(=O)c1ncn2c1CN(C)C(=O)c1cc(O)ccc1-2. The smallest absolute Gasteiger partial charge is 0.358 e. The van der Waals surface area contributed by atoms with Crippen LogP contribution in [0.5, 0.6) is 5.75 Å². The van der Waals surface area contributed by atoms with Gasteiger partial charge in [-0.3, -0.25) is 9.36 Å². The first kappa shape index (κ1) is 16.0. The molecule has 3 rings (SSSR count). The number of benzene rings is 1. The number of phenolic OH excluding ortho intramolecular Hbond substituents is 1. The fourth-order valence-corrected chi connectivity index (χ4v) is 2.62. The van der Waals surface area contributed by atoms with Gasteiger partial charge in [0.15, 0.2) is 5.69 Å². The Morgan fingerprint density at radius 1 is 1.42 bits per heavy atom. The molecule has 0 radical (unpaired) electrons. The van der Waals surface area contributed by atoms with Crippen LogP contribution < -0.4 is 0 Å². The highest BCUT2D eigenvalue weighted by Gasteiger charge is 2.29. The molecule has 1 aromatic heterocycles. The van der Waals surface area contributed by atoms with Crippen LogP contribution in [0.2, 0.25) is 0 Å². The molecule has 0 bridgehead atoms. The molecule has 0 fully saturated rings. The number of carbonyl (C=O) groups is 2. The van der Waals surface area contributed by atoms with E-state index in [2.05, 4.69) is 4.98 Å². The van der Waals surface area contributed by atoms with E-state index in [1.54, 1.807) is 17.7 Å². The minimum atomic E-state index is -0.500. The Balaban J connectivity index is 2.07. The van der Waals surface area contributed by atoms with E-state index in [1.165, 1.54) is 23.4 Å². The van der Waals surface area contributed by atoms with Gasteiger partial charge in [0.25, 0.3) is 5.91 Å². The lowest BCUT2D eigenvalue weighted by molar-refractivity contribution is 0.0449. The lowest BCUT2D eigenvalue weighted by Crippen LogP contribution is -2.26. The van der Waals surface area contributed by atoms with E-state index in [-0.39, 0.29) is 29.8 Å². The molecule has 1 aliphatic heterocycles. The minimum Gasteiger partial charge on any atom is -0.508 e. The number of ether oxygens (including phenoxy) is 1. The highest BCUT2D eigenvalue weighted by molar-refractivity contribution is 5.99. The number of carbonyl (C=O) groups excluding carboxylic acids is 2. The van der Waals surface area contributed by atoms with Gasteiger partial charge in [0.2, 0.25) is 0 Å². The Morgan fingerprint density at radius 2 is 2.17 bits per heavy atom. The van der Waals surface area contributed by atoms with Crippen LogP contribution in [0.3, 0.4) is 0 Å². The molecule has 2 aromatic rings. The van der Waals surface area contributed by atoms with Gasteiger partial charge in [-0.15, -0.1) is 0 Å². The van der Waals surface area contributed by atoms with Crippen molar-refractivity contribution in [2.45, 2.75) is 20.4 Å². The van der Waals surface area contributed by atoms with Crippen LogP contribution in [0.1, 0.15) is 40.4 Å². The number of amides is 1. The first-order chi connectivity index (χ1) is 11.4. The Hall–Kier alpha value is -2.83. The maximum atomic E-state index is 12.5. The van der Waals surface area contributed by atoms with Crippen LogP contribution in [0, 0.1) is 5.92 Å². The average molecular weight is 329 g/mol. The third-order valence-corrected chi connectivity index (χ3v) is 3.81. The first-order valence-electron chi connectivity index (χ1n) is 7.70. The summed E-state index contributed by atoms with van der Waals surface area (Å²) < 4.78 is 6.96.